The van der Waals surface area contributed by atoms with Crippen LogP contribution < -0.4 is 10.1 Å². The molecule has 4 aromatic rings. The van der Waals surface area contributed by atoms with Crippen LogP contribution in [0.3, 0.4) is 0 Å². The number of carbonyl (C=O) groups excluding carboxylic acids is 1. The second-order valence-corrected chi connectivity index (χ2v) is 9.28. The van der Waals surface area contributed by atoms with Gasteiger partial charge < -0.3 is 14.6 Å². The van der Waals surface area contributed by atoms with Crippen molar-refractivity contribution in [2.75, 3.05) is 13.2 Å². The normalized spacial score (nSPS) is 11.1. The Kier molecular flexibility index (Phi) is 8.19. The lowest BCUT2D eigenvalue weighted by molar-refractivity contribution is 0.0953. The minimum absolute atomic E-state index is 0.0222. The Morgan fingerprint density at radius 3 is 2.49 bits per heavy atom. The quantitative estimate of drug-likeness (QED) is 0.267. The molecule has 0 fully saturated rings. The zero-order valence-corrected chi connectivity index (χ0v) is 21.0. The number of ether oxygens (including phenoxy) is 1. The number of nitrogens with one attached hydrogen (secondary N) is 1. The van der Waals surface area contributed by atoms with Crippen LogP contribution in [0.5, 0.6) is 5.75 Å². The molecule has 1 N–H and O–H groups in total. The van der Waals surface area contributed by atoms with Gasteiger partial charge in [-0.15, -0.1) is 0 Å². The number of para-hydroxylation sites is 2. The number of unbranched alkanes of at least 4 members (excludes halogenated alkanes) is 1. The van der Waals surface area contributed by atoms with Gasteiger partial charge in [0.2, 0.25) is 0 Å². The van der Waals surface area contributed by atoms with Crippen molar-refractivity contribution in [3.05, 3.63) is 94.8 Å². The first-order valence-corrected chi connectivity index (χ1v) is 12.5. The predicted molar refractivity (Wildman–Crippen MR) is 142 cm³/mol. The third-order valence-corrected chi connectivity index (χ3v) is 6.12. The minimum Gasteiger partial charge on any atom is -0.494 e. The molecule has 35 heavy (non-hydrogen) atoms. The maximum atomic E-state index is 12.4. The summed E-state index contributed by atoms with van der Waals surface area (Å²) in [6.45, 7) is 8.42. The lowest BCUT2D eigenvalue weighted by Gasteiger charge is -2.11. The van der Waals surface area contributed by atoms with Gasteiger partial charge in [-0.3, -0.25) is 4.79 Å². The molecule has 0 unspecified atom stereocenters. The molecule has 1 heterocycles. The fourth-order valence-corrected chi connectivity index (χ4v) is 4.48. The summed E-state index contributed by atoms with van der Waals surface area (Å²) in [6, 6.07) is 22.3. The highest BCUT2D eigenvalue weighted by Crippen LogP contribution is 2.19. The highest BCUT2D eigenvalue weighted by Gasteiger charge is 2.11. The van der Waals surface area contributed by atoms with Crippen LogP contribution in [0, 0.1) is 20.8 Å². The van der Waals surface area contributed by atoms with Gasteiger partial charge in [0.25, 0.3) is 5.91 Å². The van der Waals surface area contributed by atoms with Gasteiger partial charge in [-0.25, -0.2) is 4.98 Å². The van der Waals surface area contributed by atoms with E-state index >= 15 is 0 Å². The summed E-state index contributed by atoms with van der Waals surface area (Å²) in [5.74, 6) is 2.00. The third kappa shape index (κ3) is 6.72. The topological polar surface area (TPSA) is 56.1 Å². The predicted octanol–water partition coefficient (Wildman–Crippen LogP) is 6.18. The van der Waals surface area contributed by atoms with E-state index in [2.05, 4.69) is 60.1 Å². The number of benzene rings is 3. The zero-order valence-electron chi connectivity index (χ0n) is 21.0. The number of aryl methyl sites for hydroxylation is 5. The second-order valence-electron chi connectivity index (χ2n) is 9.28. The molecule has 0 aliphatic carbocycles. The van der Waals surface area contributed by atoms with Crippen molar-refractivity contribution >= 4 is 16.9 Å². The standard InChI is InChI=1S/C30H35N3O2/c1-22-10-8-11-25(19-22)30(34)31-15-9-14-29-32-27-12-4-5-13-28(27)33(29)16-6-7-17-35-26-20-23(2)18-24(3)21-26/h4-5,8,10-13,18-21H,6-7,9,14-17H2,1-3H3,(H,31,34). The number of amides is 1. The van der Waals surface area contributed by atoms with Crippen molar-refractivity contribution in [2.24, 2.45) is 0 Å². The minimum atomic E-state index is -0.0222. The number of rotatable bonds is 11. The van der Waals surface area contributed by atoms with Crippen LogP contribution in [-0.4, -0.2) is 28.6 Å². The van der Waals surface area contributed by atoms with Gasteiger partial charge in [-0.05, 0) is 87.6 Å². The van der Waals surface area contributed by atoms with Crippen molar-refractivity contribution in [3.8, 4) is 5.75 Å². The van der Waals surface area contributed by atoms with Crippen molar-refractivity contribution in [1.82, 2.24) is 14.9 Å². The van der Waals surface area contributed by atoms with Gasteiger partial charge in [0.15, 0.2) is 0 Å². The maximum Gasteiger partial charge on any atom is 0.251 e. The highest BCUT2D eigenvalue weighted by molar-refractivity contribution is 5.94. The van der Waals surface area contributed by atoms with Gasteiger partial charge in [-0.1, -0.05) is 35.9 Å². The van der Waals surface area contributed by atoms with Gasteiger partial charge in [0.05, 0.1) is 17.6 Å². The summed E-state index contributed by atoms with van der Waals surface area (Å²) in [4.78, 5) is 17.3. The van der Waals surface area contributed by atoms with Gasteiger partial charge in [0.1, 0.15) is 11.6 Å². The Bertz CT molecular complexity index is 1270. The summed E-state index contributed by atoms with van der Waals surface area (Å²) in [7, 11) is 0. The van der Waals surface area contributed by atoms with E-state index in [1.807, 2.05) is 37.3 Å². The molecular formula is C30H35N3O2. The van der Waals surface area contributed by atoms with E-state index in [4.69, 9.17) is 9.72 Å². The second kappa shape index (κ2) is 11.7. The zero-order chi connectivity index (χ0) is 24.6. The molecule has 5 heteroatoms. The SMILES string of the molecule is Cc1cc(C)cc(OCCCCn2c(CCCNC(=O)c3cccc(C)c3)nc3ccccc32)c1. The number of fused-ring (bicyclic) bond motifs is 1. The molecule has 0 saturated carbocycles. The molecule has 0 aliphatic rings. The van der Waals surface area contributed by atoms with E-state index in [9.17, 15) is 4.79 Å². The summed E-state index contributed by atoms with van der Waals surface area (Å²) in [5.41, 5.74) is 6.44. The molecule has 0 bridgehead atoms. The average molecular weight is 470 g/mol. The van der Waals surface area contributed by atoms with Crippen molar-refractivity contribution in [1.29, 1.82) is 0 Å². The van der Waals surface area contributed by atoms with Crippen LogP contribution in [0.15, 0.2) is 66.7 Å². The molecule has 0 spiro atoms. The van der Waals surface area contributed by atoms with Gasteiger partial charge in [0, 0.05) is 25.1 Å². The van der Waals surface area contributed by atoms with Crippen LogP contribution in [0.1, 0.15) is 52.1 Å². The monoisotopic (exact) mass is 469 g/mol. The van der Waals surface area contributed by atoms with E-state index in [0.717, 1.165) is 54.9 Å². The van der Waals surface area contributed by atoms with Crippen molar-refractivity contribution < 1.29 is 9.53 Å². The summed E-state index contributed by atoms with van der Waals surface area (Å²) >= 11 is 0. The Morgan fingerprint density at radius 2 is 1.69 bits per heavy atom. The first-order valence-electron chi connectivity index (χ1n) is 12.5. The summed E-state index contributed by atoms with van der Waals surface area (Å²) in [6.07, 6.45) is 3.66. The van der Waals surface area contributed by atoms with Crippen LogP contribution in [0.2, 0.25) is 0 Å². The van der Waals surface area contributed by atoms with Crippen LogP contribution in [-0.2, 0) is 13.0 Å². The fraction of sp³-hybridized carbons (Fsp3) is 0.333. The number of nitrogens with zero attached hydrogens (tertiary/aromatic N) is 2. The lowest BCUT2D eigenvalue weighted by Crippen LogP contribution is -2.25. The van der Waals surface area contributed by atoms with Crippen LogP contribution in [0.4, 0.5) is 0 Å². The molecule has 0 radical (unpaired) electrons. The Hall–Kier alpha value is -3.60. The Balaban J connectivity index is 1.29. The molecule has 1 amide bonds. The number of hydrogen-bond donors (Lipinski definition) is 1. The van der Waals surface area contributed by atoms with E-state index in [0.29, 0.717) is 18.7 Å². The lowest BCUT2D eigenvalue weighted by atomic mass is 10.1. The smallest absolute Gasteiger partial charge is 0.251 e. The number of imidazole rings is 1. The number of aromatic nitrogens is 2. The average Bonchev–Trinajstić information content (AvgIpc) is 3.18. The first kappa shape index (κ1) is 24.5. The molecule has 182 valence electrons. The van der Waals surface area contributed by atoms with E-state index in [1.54, 1.807) is 0 Å². The van der Waals surface area contributed by atoms with Crippen LogP contribution in [0.25, 0.3) is 11.0 Å². The van der Waals surface area contributed by atoms with Crippen LogP contribution >= 0.6 is 0 Å². The third-order valence-electron chi connectivity index (χ3n) is 6.12. The summed E-state index contributed by atoms with van der Waals surface area (Å²) < 4.78 is 8.31. The molecule has 3 aromatic carbocycles. The molecule has 4 rings (SSSR count). The maximum absolute atomic E-state index is 12.4. The van der Waals surface area contributed by atoms with E-state index in [-0.39, 0.29) is 5.91 Å². The molecule has 1 aromatic heterocycles. The van der Waals surface area contributed by atoms with E-state index < -0.39 is 0 Å². The van der Waals surface area contributed by atoms with Gasteiger partial charge >= 0.3 is 0 Å². The number of carbonyl (C=O) groups is 1. The molecule has 0 aliphatic heterocycles. The fourth-order valence-electron chi connectivity index (χ4n) is 4.48. The highest BCUT2D eigenvalue weighted by atomic mass is 16.5. The van der Waals surface area contributed by atoms with Crippen molar-refractivity contribution in [2.45, 2.75) is 53.0 Å². The molecule has 0 atom stereocenters. The van der Waals surface area contributed by atoms with Crippen molar-refractivity contribution in [3.63, 3.8) is 0 Å². The Labute approximate surface area is 208 Å². The first-order chi connectivity index (χ1) is 17.0. The Morgan fingerprint density at radius 1 is 0.886 bits per heavy atom. The molecular weight excluding hydrogens is 434 g/mol. The number of hydrogen-bond acceptors (Lipinski definition) is 3. The molecule has 5 nitrogen and oxygen atoms in total. The summed E-state index contributed by atoms with van der Waals surface area (Å²) in [5, 5.41) is 3.04. The van der Waals surface area contributed by atoms with Gasteiger partial charge in [-0.2, -0.15) is 0 Å². The van der Waals surface area contributed by atoms with E-state index in [1.165, 1.54) is 16.6 Å². The largest absolute Gasteiger partial charge is 0.494 e. The molecule has 0 saturated heterocycles.